The third-order valence-electron chi connectivity index (χ3n) is 3.92. The summed E-state index contributed by atoms with van der Waals surface area (Å²) in [6.45, 7) is -2.67. The van der Waals surface area contributed by atoms with Crippen molar-refractivity contribution in [1.29, 1.82) is 0 Å². The van der Waals surface area contributed by atoms with Crippen LogP contribution in [0.3, 0.4) is 0 Å². The minimum absolute atomic E-state index is 0.0146. The van der Waals surface area contributed by atoms with Gasteiger partial charge in [-0.15, -0.1) is 0 Å². The first-order valence-electron chi connectivity index (χ1n) is 8.38. The quantitative estimate of drug-likeness (QED) is 0.471. The summed E-state index contributed by atoms with van der Waals surface area (Å²) in [7, 11) is 1.27. The monoisotopic (exact) mass is 475 g/mol. The highest BCUT2D eigenvalue weighted by atomic mass is 35.5. The molecule has 158 valence electrons. The Hall–Kier alpha value is -2.55. The molecular formula is C19H14Cl3F2N3O3. The van der Waals surface area contributed by atoms with E-state index in [9.17, 15) is 13.6 Å². The minimum atomic E-state index is -3.02. The molecule has 0 atom stereocenters. The highest BCUT2D eigenvalue weighted by Gasteiger charge is 2.17. The van der Waals surface area contributed by atoms with E-state index in [4.69, 9.17) is 39.5 Å². The maximum Gasteiger partial charge on any atom is 0.387 e. The number of nitrogens with one attached hydrogen (secondary N) is 1. The number of hydrogen-bond donors (Lipinski definition) is 1. The van der Waals surface area contributed by atoms with Gasteiger partial charge in [0.2, 0.25) is 0 Å². The number of anilines is 1. The molecule has 11 heteroatoms. The van der Waals surface area contributed by atoms with Crippen LogP contribution in [0, 0.1) is 0 Å². The predicted octanol–water partition coefficient (Wildman–Crippen LogP) is 5.75. The van der Waals surface area contributed by atoms with Gasteiger partial charge in [0.1, 0.15) is 5.02 Å². The second-order valence-electron chi connectivity index (χ2n) is 5.97. The van der Waals surface area contributed by atoms with Crippen molar-refractivity contribution in [2.24, 2.45) is 0 Å². The number of rotatable bonds is 7. The molecule has 0 spiro atoms. The summed E-state index contributed by atoms with van der Waals surface area (Å²) in [4.78, 5) is 12.5. The van der Waals surface area contributed by atoms with Gasteiger partial charge in [0.25, 0.3) is 5.91 Å². The molecule has 0 bridgehead atoms. The number of hydrogen-bond acceptors (Lipinski definition) is 4. The first-order chi connectivity index (χ1) is 14.3. The fourth-order valence-electron chi connectivity index (χ4n) is 2.57. The van der Waals surface area contributed by atoms with Crippen molar-refractivity contribution in [2.45, 2.75) is 13.2 Å². The number of halogens is 5. The molecule has 0 aliphatic heterocycles. The molecule has 0 aliphatic rings. The van der Waals surface area contributed by atoms with Crippen molar-refractivity contribution in [3.05, 3.63) is 68.8 Å². The van der Waals surface area contributed by atoms with E-state index in [2.05, 4.69) is 15.2 Å². The van der Waals surface area contributed by atoms with E-state index < -0.39 is 12.5 Å². The van der Waals surface area contributed by atoms with Crippen molar-refractivity contribution in [3.63, 3.8) is 0 Å². The Morgan fingerprint density at radius 2 is 1.87 bits per heavy atom. The summed E-state index contributed by atoms with van der Waals surface area (Å²) in [5.74, 6) is -0.626. The van der Waals surface area contributed by atoms with Crippen LogP contribution in [-0.2, 0) is 6.54 Å². The van der Waals surface area contributed by atoms with E-state index in [0.717, 1.165) is 5.56 Å². The zero-order chi connectivity index (χ0) is 21.8. The summed E-state index contributed by atoms with van der Waals surface area (Å²) in [6, 6.07) is 8.96. The second kappa shape index (κ2) is 9.51. The zero-order valence-electron chi connectivity index (χ0n) is 15.3. The summed E-state index contributed by atoms with van der Waals surface area (Å²) >= 11 is 18.1. The van der Waals surface area contributed by atoms with E-state index in [1.165, 1.54) is 30.0 Å². The molecule has 3 aromatic rings. The van der Waals surface area contributed by atoms with Crippen LogP contribution in [0.15, 0.2) is 42.6 Å². The topological polar surface area (TPSA) is 65.4 Å². The number of nitrogens with zero attached hydrogens (tertiary/aromatic N) is 2. The van der Waals surface area contributed by atoms with Crippen molar-refractivity contribution in [1.82, 2.24) is 9.78 Å². The van der Waals surface area contributed by atoms with Gasteiger partial charge in [0.15, 0.2) is 17.3 Å². The molecule has 1 N–H and O–H groups in total. The molecule has 30 heavy (non-hydrogen) atoms. The summed E-state index contributed by atoms with van der Waals surface area (Å²) in [5, 5.41) is 7.88. The highest BCUT2D eigenvalue weighted by molar-refractivity contribution is 6.42. The zero-order valence-corrected chi connectivity index (χ0v) is 17.6. The van der Waals surface area contributed by atoms with Gasteiger partial charge >= 0.3 is 6.61 Å². The number of methoxy groups -OCH3 is 1. The van der Waals surface area contributed by atoms with Crippen LogP contribution in [0.2, 0.25) is 15.1 Å². The van der Waals surface area contributed by atoms with Crippen LogP contribution in [0.25, 0.3) is 0 Å². The van der Waals surface area contributed by atoms with E-state index in [0.29, 0.717) is 16.6 Å². The Morgan fingerprint density at radius 3 is 2.53 bits per heavy atom. The number of carbonyl (C=O) groups excluding carboxylic acids is 1. The lowest BCUT2D eigenvalue weighted by molar-refractivity contribution is -0.0512. The van der Waals surface area contributed by atoms with Gasteiger partial charge in [-0.1, -0.05) is 40.9 Å². The average Bonchev–Trinajstić information content (AvgIpc) is 3.03. The standard InChI is InChI=1S/C19H14Cl3F2N3O3/c1-29-16-7-11(3-5-15(16)30-19(23)24)18(28)25-17-14(22)9-27(26-17)8-10-2-4-12(20)13(21)6-10/h2-7,9,19H,8H2,1H3,(H,25,26,28). The second-order valence-corrected chi connectivity index (χ2v) is 7.19. The Balaban J connectivity index is 1.74. The van der Waals surface area contributed by atoms with Crippen LogP contribution in [0.1, 0.15) is 15.9 Å². The van der Waals surface area contributed by atoms with Gasteiger partial charge in [-0.05, 0) is 35.9 Å². The largest absolute Gasteiger partial charge is 0.493 e. The molecular weight excluding hydrogens is 463 g/mol. The third-order valence-corrected chi connectivity index (χ3v) is 4.94. The number of amides is 1. The fourth-order valence-corrected chi connectivity index (χ4v) is 3.09. The van der Waals surface area contributed by atoms with E-state index in [1.807, 2.05) is 0 Å². The molecule has 0 fully saturated rings. The number of benzene rings is 2. The first-order valence-corrected chi connectivity index (χ1v) is 9.51. The van der Waals surface area contributed by atoms with Gasteiger partial charge in [-0.25, -0.2) is 0 Å². The average molecular weight is 477 g/mol. The third kappa shape index (κ3) is 5.33. The molecule has 0 radical (unpaired) electrons. The minimum Gasteiger partial charge on any atom is -0.493 e. The van der Waals surface area contributed by atoms with E-state index in [1.54, 1.807) is 24.4 Å². The number of carbonyl (C=O) groups is 1. The molecule has 0 aliphatic carbocycles. The Kier molecular flexibility index (Phi) is 7.02. The summed E-state index contributed by atoms with van der Waals surface area (Å²) in [6.07, 6.45) is 1.54. The van der Waals surface area contributed by atoms with Crippen molar-refractivity contribution >= 4 is 46.5 Å². The maximum atomic E-state index is 12.5. The van der Waals surface area contributed by atoms with Crippen molar-refractivity contribution < 1.29 is 23.0 Å². The highest BCUT2D eigenvalue weighted by Crippen LogP contribution is 2.30. The van der Waals surface area contributed by atoms with Crippen molar-refractivity contribution in [3.8, 4) is 11.5 Å². The Labute approximate surface area is 185 Å². The van der Waals surface area contributed by atoms with Crippen LogP contribution in [0.5, 0.6) is 11.5 Å². The molecule has 0 unspecified atom stereocenters. The van der Waals surface area contributed by atoms with Crippen LogP contribution < -0.4 is 14.8 Å². The van der Waals surface area contributed by atoms with E-state index in [-0.39, 0.29) is 27.9 Å². The van der Waals surface area contributed by atoms with E-state index >= 15 is 0 Å². The number of ether oxygens (including phenoxy) is 2. The van der Waals surface area contributed by atoms with Gasteiger partial charge in [0.05, 0.1) is 23.7 Å². The predicted molar refractivity (Wildman–Crippen MR) is 110 cm³/mol. The number of alkyl halides is 2. The van der Waals surface area contributed by atoms with Crippen LogP contribution in [0.4, 0.5) is 14.6 Å². The Morgan fingerprint density at radius 1 is 1.10 bits per heavy atom. The van der Waals surface area contributed by atoms with Crippen LogP contribution >= 0.6 is 34.8 Å². The van der Waals surface area contributed by atoms with Crippen LogP contribution in [-0.4, -0.2) is 29.4 Å². The van der Waals surface area contributed by atoms with Gasteiger partial charge in [-0.2, -0.15) is 13.9 Å². The molecule has 0 saturated heterocycles. The van der Waals surface area contributed by atoms with Gasteiger partial charge in [0, 0.05) is 11.8 Å². The van der Waals surface area contributed by atoms with Gasteiger partial charge in [-0.3, -0.25) is 9.48 Å². The lowest BCUT2D eigenvalue weighted by Gasteiger charge is -2.11. The normalized spacial score (nSPS) is 10.9. The van der Waals surface area contributed by atoms with Crippen molar-refractivity contribution in [2.75, 3.05) is 12.4 Å². The summed E-state index contributed by atoms with van der Waals surface area (Å²) in [5.41, 5.74) is 0.976. The maximum absolute atomic E-state index is 12.5. The fraction of sp³-hybridized carbons (Fsp3) is 0.158. The van der Waals surface area contributed by atoms with Gasteiger partial charge < -0.3 is 14.8 Å². The lowest BCUT2D eigenvalue weighted by Crippen LogP contribution is -2.13. The first kappa shape index (κ1) is 22.1. The Bertz CT molecular complexity index is 1080. The SMILES string of the molecule is COc1cc(C(=O)Nc2nn(Cc3ccc(Cl)c(Cl)c3)cc2Cl)ccc1OC(F)F. The molecule has 1 amide bonds. The smallest absolute Gasteiger partial charge is 0.387 e. The molecule has 2 aromatic carbocycles. The molecule has 1 aromatic heterocycles. The molecule has 3 rings (SSSR count). The summed E-state index contributed by atoms with van der Waals surface area (Å²) < 4.78 is 35.7. The number of aromatic nitrogens is 2. The molecule has 1 heterocycles. The molecule has 0 saturated carbocycles. The molecule has 6 nitrogen and oxygen atoms in total. The lowest BCUT2D eigenvalue weighted by atomic mass is 10.2.